The molecule has 3 aromatic rings. The first-order valence-electron chi connectivity index (χ1n) is 10.1. The lowest BCUT2D eigenvalue weighted by Crippen LogP contribution is -2.36. The number of nitriles is 1. The van der Waals surface area contributed by atoms with E-state index < -0.39 is 0 Å². The van der Waals surface area contributed by atoms with Gasteiger partial charge in [0.1, 0.15) is 29.6 Å². The third-order valence-electron chi connectivity index (χ3n) is 5.95. The van der Waals surface area contributed by atoms with Crippen LogP contribution in [0.25, 0.3) is 11.0 Å². The molecular formula is C22H22N6O2. The van der Waals surface area contributed by atoms with Gasteiger partial charge in [0.15, 0.2) is 6.61 Å². The van der Waals surface area contributed by atoms with Gasteiger partial charge < -0.3 is 19.5 Å². The lowest BCUT2D eigenvalue weighted by Gasteiger charge is -2.25. The van der Waals surface area contributed by atoms with E-state index in [0.717, 1.165) is 49.3 Å². The van der Waals surface area contributed by atoms with Gasteiger partial charge in [-0.2, -0.15) is 5.26 Å². The molecule has 1 aliphatic heterocycles. The van der Waals surface area contributed by atoms with Crippen LogP contribution in [0.1, 0.15) is 23.2 Å². The fourth-order valence-corrected chi connectivity index (χ4v) is 4.23. The van der Waals surface area contributed by atoms with E-state index in [4.69, 9.17) is 10.00 Å². The van der Waals surface area contributed by atoms with Crippen molar-refractivity contribution in [2.24, 2.45) is 5.41 Å². The van der Waals surface area contributed by atoms with Gasteiger partial charge in [-0.3, -0.25) is 4.79 Å². The normalized spacial score (nSPS) is 17.6. The highest BCUT2D eigenvalue weighted by Crippen LogP contribution is 2.48. The molecule has 1 saturated heterocycles. The van der Waals surface area contributed by atoms with Crippen LogP contribution in [0, 0.1) is 16.7 Å². The zero-order valence-corrected chi connectivity index (χ0v) is 16.5. The van der Waals surface area contributed by atoms with Crippen molar-refractivity contribution < 1.29 is 9.53 Å². The highest BCUT2D eigenvalue weighted by atomic mass is 16.5. The van der Waals surface area contributed by atoms with E-state index in [1.807, 2.05) is 23.2 Å². The molecule has 1 aliphatic carbocycles. The SMILES string of the molecule is N#CCOc1cccc(C(=O)N2CCN(c3ncnc4[nH]ccc34)CC3(CC3)C2)c1. The van der Waals surface area contributed by atoms with Gasteiger partial charge in [0.25, 0.3) is 5.91 Å². The Kier molecular flexibility index (Phi) is 4.51. The maximum absolute atomic E-state index is 13.3. The summed E-state index contributed by atoms with van der Waals surface area (Å²) in [5.41, 5.74) is 1.54. The average Bonchev–Trinajstić information content (AvgIpc) is 3.41. The van der Waals surface area contributed by atoms with Crippen molar-refractivity contribution in [1.29, 1.82) is 5.26 Å². The number of carbonyl (C=O) groups is 1. The third-order valence-corrected chi connectivity index (χ3v) is 5.95. The van der Waals surface area contributed by atoms with Crippen LogP contribution < -0.4 is 9.64 Å². The predicted molar refractivity (Wildman–Crippen MR) is 111 cm³/mol. The molecule has 8 nitrogen and oxygen atoms in total. The Balaban J connectivity index is 1.38. The van der Waals surface area contributed by atoms with Gasteiger partial charge in [0.2, 0.25) is 0 Å². The van der Waals surface area contributed by atoms with Crippen LogP contribution >= 0.6 is 0 Å². The number of carbonyl (C=O) groups excluding carboxylic acids is 1. The first kappa shape index (κ1) is 18.4. The number of aromatic amines is 1. The molecule has 2 aliphatic rings. The maximum Gasteiger partial charge on any atom is 0.254 e. The number of hydrogen-bond donors (Lipinski definition) is 1. The minimum Gasteiger partial charge on any atom is -0.479 e. The molecule has 0 bridgehead atoms. The predicted octanol–water partition coefficient (Wildman–Crippen LogP) is 2.60. The minimum atomic E-state index is -0.0357. The molecule has 2 fully saturated rings. The van der Waals surface area contributed by atoms with Gasteiger partial charge >= 0.3 is 0 Å². The van der Waals surface area contributed by atoms with Crippen molar-refractivity contribution >= 4 is 22.8 Å². The number of nitrogens with zero attached hydrogens (tertiary/aromatic N) is 5. The molecule has 1 N–H and O–H groups in total. The first-order valence-corrected chi connectivity index (χ1v) is 10.1. The third kappa shape index (κ3) is 3.43. The van der Waals surface area contributed by atoms with Crippen LogP contribution in [-0.2, 0) is 0 Å². The first-order chi connectivity index (χ1) is 14.7. The zero-order chi connectivity index (χ0) is 20.6. The van der Waals surface area contributed by atoms with Crippen molar-refractivity contribution in [3.63, 3.8) is 0 Å². The van der Waals surface area contributed by atoms with Gasteiger partial charge in [0.05, 0.1) is 5.39 Å². The van der Waals surface area contributed by atoms with Crippen molar-refractivity contribution in [1.82, 2.24) is 19.9 Å². The van der Waals surface area contributed by atoms with Crippen LogP contribution in [-0.4, -0.2) is 58.5 Å². The van der Waals surface area contributed by atoms with Crippen LogP contribution in [0.2, 0.25) is 0 Å². The molecule has 1 amide bonds. The van der Waals surface area contributed by atoms with E-state index in [1.54, 1.807) is 30.6 Å². The Morgan fingerprint density at radius 2 is 2.13 bits per heavy atom. The average molecular weight is 402 g/mol. The van der Waals surface area contributed by atoms with E-state index in [9.17, 15) is 4.79 Å². The second-order valence-corrected chi connectivity index (χ2v) is 8.06. The van der Waals surface area contributed by atoms with Crippen LogP contribution in [0.5, 0.6) is 5.75 Å². The summed E-state index contributed by atoms with van der Waals surface area (Å²) in [6.45, 7) is 2.94. The van der Waals surface area contributed by atoms with E-state index in [-0.39, 0.29) is 17.9 Å². The Morgan fingerprint density at radius 3 is 2.97 bits per heavy atom. The number of rotatable bonds is 4. The second-order valence-electron chi connectivity index (χ2n) is 8.06. The zero-order valence-electron chi connectivity index (χ0n) is 16.5. The summed E-state index contributed by atoms with van der Waals surface area (Å²) < 4.78 is 5.36. The van der Waals surface area contributed by atoms with Crippen molar-refractivity contribution in [3.05, 3.63) is 48.4 Å². The van der Waals surface area contributed by atoms with Gasteiger partial charge in [0, 0.05) is 43.4 Å². The quantitative estimate of drug-likeness (QED) is 0.720. The lowest BCUT2D eigenvalue weighted by atomic mass is 10.1. The number of hydrogen-bond acceptors (Lipinski definition) is 6. The Hall–Kier alpha value is -3.60. The molecule has 8 heteroatoms. The summed E-state index contributed by atoms with van der Waals surface area (Å²) in [6.07, 6.45) is 5.69. The number of benzene rings is 1. The largest absolute Gasteiger partial charge is 0.479 e. The van der Waals surface area contributed by atoms with Crippen molar-refractivity contribution in [3.8, 4) is 11.8 Å². The number of H-pyrrole nitrogens is 1. The highest BCUT2D eigenvalue weighted by molar-refractivity contribution is 5.95. The van der Waals surface area contributed by atoms with Crippen LogP contribution in [0.15, 0.2) is 42.9 Å². The fourth-order valence-electron chi connectivity index (χ4n) is 4.23. The minimum absolute atomic E-state index is 0.0000107. The molecule has 2 aromatic heterocycles. The van der Waals surface area contributed by atoms with Gasteiger partial charge in [-0.1, -0.05) is 6.07 Å². The molecule has 152 valence electrons. The smallest absolute Gasteiger partial charge is 0.254 e. The highest BCUT2D eigenvalue weighted by Gasteiger charge is 2.48. The molecule has 1 saturated carbocycles. The molecule has 1 spiro atoms. The van der Waals surface area contributed by atoms with E-state index in [0.29, 0.717) is 17.9 Å². The van der Waals surface area contributed by atoms with E-state index >= 15 is 0 Å². The number of ether oxygens (including phenoxy) is 1. The van der Waals surface area contributed by atoms with E-state index in [1.165, 1.54) is 0 Å². The standard InChI is InChI=1S/C22H22N6O2/c23-7-11-30-17-3-1-2-16(12-17)21(29)28-10-9-27(13-22(14-28)5-6-22)20-18-4-8-24-19(18)25-15-26-20/h1-4,8,12,15H,5-6,9-11,13-14H2,(H,24,25,26). The number of anilines is 1. The van der Waals surface area contributed by atoms with Gasteiger partial charge in [-0.05, 0) is 37.1 Å². The molecular weight excluding hydrogens is 380 g/mol. The Morgan fingerprint density at radius 1 is 1.23 bits per heavy atom. The summed E-state index contributed by atoms with van der Waals surface area (Å²) in [5.74, 6) is 1.46. The molecule has 0 unspecified atom stereocenters. The van der Waals surface area contributed by atoms with E-state index in [2.05, 4.69) is 19.9 Å². The number of fused-ring (bicyclic) bond motifs is 1. The fraction of sp³-hybridized carbons (Fsp3) is 0.364. The van der Waals surface area contributed by atoms with Crippen molar-refractivity contribution in [2.75, 3.05) is 37.7 Å². The van der Waals surface area contributed by atoms with Gasteiger partial charge in [-0.25, -0.2) is 9.97 Å². The summed E-state index contributed by atoms with van der Waals surface area (Å²) in [4.78, 5) is 29.5. The number of nitrogens with one attached hydrogen (secondary N) is 1. The summed E-state index contributed by atoms with van der Waals surface area (Å²) in [5, 5.41) is 9.72. The summed E-state index contributed by atoms with van der Waals surface area (Å²) >= 11 is 0. The van der Waals surface area contributed by atoms with Crippen LogP contribution in [0.3, 0.4) is 0 Å². The maximum atomic E-state index is 13.3. The Labute approximate surface area is 174 Å². The topological polar surface area (TPSA) is 98.1 Å². The molecule has 1 aromatic carbocycles. The Bertz CT molecular complexity index is 1130. The lowest BCUT2D eigenvalue weighted by molar-refractivity contribution is 0.0740. The molecule has 0 radical (unpaired) electrons. The summed E-state index contributed by atoms with van der Waals surface area (Å²) in [7, 11) is 0. The molecule has 5 rings (SSSR count). The molecule has 0 atom stereocenters. The monoisotopic (exact) mass is 402 g/mol. The molecule has 30 heavy (non-hydrogen) atoms. The van der Waals surface area contributed by atoms with Gasteiger partial charge in [-0.15, -0.1) is 0 Å². The second kappa shape index (κ2) is 7.34. The van der Waals surface area contributed by atoms with Crippen molar-refractivity contribution in [2.45, 2.75) is 12.8 Å². The summed E-state index contributed by atoms with van der Waals surface area (Å²) in [6, 6.07) is 11.0. The van der Waals surface area contributed by atoms with Crippen LogP contribution in [0.4, 0.5) is 5.82 Å². The number of amides is 1. The number of aromatic nitrogens is 3. The molecule has 3 heterocycles.